The van der Waals surface area contributed by atoms with Crippen LogP contribution in [0.3, 0.4) is 0 Å². The number of hydrogen-bond acceptors (Lipinski definition) is 3. The van der Waals surface area contributed by atoms with E-state index in [1.807, 2.05) is 18.8 Å². The van der Waals surface area contributed by atoms with Gasteiger partial charge >= 0.3 is 0 Å². The van der Waals surface area contributed by atoms with Crippen LogP contribution in [0.4, 0.5) is 0 Å². The Morgan fingerprint density at radius 1 is 1.28 bits per heavy atom. The van der Waals surface area contributed by atoms with Gasteiger partial charge in [0.2, 0.25) is 0 Å². The van der Waals surface area contributed by atoms with E-state index in [9.17, 15) is 0 Å². The zero-order valence-electron chi connectivity index (χ0n) is 12.1. The van der Waals surface area contributed by atoms with Crippen molar-refractivity contribution in [2.45, 2.75) is 32.5 Å². The summed E-state index contributed by atoms with van der Waals surface area (Å²) in [5, 5.41) is 3.24. The first-order chi connectivity index (χ1) is 8.72. The number of thioether (sulfide) groups is 1. The molecule has 102 valence electrons. The topological polar surface area (TPSA) is 15.3 Å². The predicted molar refractivity (Wildman–Crippen MR) is 83.1 cm³/mol. The van der Waals surface area contributed by atoms with Crippen molar-refractivity contribution in [3.8, 4) is 0 Å². The first-order valence-corrected chi connectivity index (χ1v) is 8.02. The molecule has 0 bridgehead atoms. The van der Waals surface area contributed by atoms with Crippen molar-refractivity contribution in [3.05, 3.63) is 35.4 Å². The molecule has 0 spiro atoms. The molecule has 1 aromatic carbocycles. The van der Waals surface area contributed by atoms with Crippen molar-refractivity contribution in [1.82, 2.24) is 10.2 Å². The van der Waals surface area contributed by atoms with Crippen molar-refractivity contribution in [2.75, 3.05) is 26.1 Å². The van der Waals surface area contributed by atoms with Crippen molar-refractivity contribution in [2.24, 2.45) is 0 Å². The van der Waals surface area contributed by atoms with E-state index in [4.69, 9.17) is 0 Å². The van der Waals surface area contributed by atoms with Gasteiger partial charge in [0, 0.05) is 24.9 Å². The summed E-state index contributed by atoms with van der Waals surface area (Å²) in [4.78, 5) is 2.48. The van der Waals surface area contributed by atoms with Gasteiger partial charge in [0.25, 0.3) is 0 Å². The third-order valence-corrected chi connectivity index (χ3v) is 4.08. The lowest BCUT2D eigenvalue weighted by atomic mass is 10.1. The number of hydrogen-bond donors (Lipinski definition) is 1. The van der Waals surface area contributed by atoms with Crippen LogP contribution in [-0.4, -0.2) is 37.0 Å². The molecule has 2 nitrogen and oxygen atoms in total. The van der Waals surface area contributed by atoms with E-state index in [1.54, 1.807) is 0 Å². The lowest BCUT2D eigenvalue weighted by Gasteiger charge is -2.27. The zero-order chi connectivity index (χ0) is 13.4. The van der Waals surface area contributed by atoms with E-state index < -0.39 is 0 Å². The molecule has 1 atom stereocenters. The summed E-state index contributed by atoms with van der Waals surface area (Å²) in [6.07, 6.45) is 3.40. The van der Waals surface area contributed by atoms with E-state index >= 15 is 0 Å². The smallest absolute Gasteiger partial charge is 0.0237 e. The second kappa shape index (κ2) is 8.57. The highest BCUT2D eigenvalue weighted by molar-refractivity contribution is 7.98. The van der Waals surface area contributed by atoms with Gasteiger partial charge in [-0.15, -0.1) is 0 Å². The molecular formula is C15H26N2S. The third-order valence-electron chi connectivity index (χ3n) is 3.36. The largest absolute Gasteiger partial charge is 0.316 e. The van der Waals surface area contributed by atoms with Gasteiger partial charge in [-0.3, -0.25) is 4.90 Å². The fraction of sp³-hybridized carbons (Fsp3) is 0.600. The normalized spacial score (nSPS) is 12.9. The second-order valence-electron chi connectivity index (χ2n) is 4.73. The predicted octanol–water partition coefficient (Wildman–Crippen LogP) is 2.98. The SMILES string of the molecule is CCC(CSC)N(C)Cc1ccccc1CNC. The van der Waals surface area contributed by atoms with Crippen molar-refractivity contribution >= 4 is 11.8 Å². The highest BCUT2D eigenvalue weighted by Crippen LogP contribution is 2.15. The Labute approximate surface area is 116 Å². The molecule has 0 aliphatic carbocycles. The van der Waals surface area contributed by atoms with E-state index in [-0.39, 0.29) is 0 Å². The molecule has 1 N–H and O–H groups in total. The van der Waals surface area contributed by atoms with E-state index in [0.29, 0.717) is 6.04 Å². The Bertz CT molecular complexity index is 341. The maximum Gasteiger partial charge on any atom is 0.0237 e. The van der Waals surface area contributed by atoms with Crippen molar-refractivity contribution < 1.29 is 0 Å². The number of rotatable bonds is 8. The lowest BCUT2D eigenvalue weighted by Crippen LogP contribution is -2.33. The Morgan fingerprint density at radius 2 is 1.94 bits per heavy atom. The minimum atomic E-state index is 0.669. The number of benzene rings is 1. The fourth-order valence-electron chi connectivity index (χ4n) is 2.22. The van der Waals surface area contributed by atoms with Gasteiger partial charge in [-0.05, 0) is 37.9 Å². The van der Waals surface area contributed by atoms with E-state index in [2.05, 4.69) is 54.7 Å². The van der Waals surface area contributed by atoms with Gasteiger partial charge in [-0.1, -0.05) is 31.2 Å². The van der Waals surface area contributed by atoms with Gasteiger partial charge < -0.3 is 5.32 Å². The van der Waals surface area contributed by atoms with Crippen molar-refractivity contribution in [3.63, 3.8) is 0 Å². The molecule has 0 aliphatic rings. The van der Waals surface area contributed by atoms with Crippen LogP contribution in [0.5, 0.6) is 0 Å². The van der Waals surface area contributed by atoms with Gasteiger partial charge in [0.1, 0.15) is 0 Å². The molecule has 0 radical (unpaired) electrons. The molecule has 0 saturated heterocycles. The molecule has 1 unspecified atom stereocenters. The molecule has 0 fully saturated rings. The summed E-state index contributed by atoms with van der Waals surface area (Å²) in [6.45, 7) is 4.26. The molecule has 1 rings (SSSR count). The van der Waals surface area contributed by atoms with Crippen molar-refractivity contribution in [1.29, 1.82) is 0 Å². The monoisotopic (exact) mass is 266 g/mol. The average Bonchev–Trinajstić information content (AvgIpc) is 2.38. The Morgan fingerprint density at radius 3 is 2.50 bits per heavy atom. The summed E-state index contributed by atoms with van der Waals surface area (Å²) in [5.41, 5.74) is 2.85. The Kier molecular flexibility index (Phi) is 7.40. The zero-order valence-corrected chi connectivity index (χ0v) is 12.9. The lowest BCUT2D eigenvalue weighted by molar-refractivity contribution is 0.247. The van der Waals surface area contributed by atoms with Crippen LogP contribution in [0, 0.1) is 0 Å². The molecule has 0 saturated carbocycles. The quantitative estimate of drug-likeness (QED) is 0.779. The molecular weight excluding hydrogens is 240 g/mol. The van der Waals surface area contributed by atoms with Crippen LogP contribution in [0.1, 0.15) is 24.5 Å². The van der Waals surface area contributed by atoms with Crippen LogP contribution in [-0.2, 0) is 13.1 Å². The number of nitrogens with zero attached hydrogens (tertiary/aromatic N) is 1. The van der Waals surface area contributed by atoms with Crippen LogP contribution >= 0.6 is 11.8 Å². The van der Waals surface area contributed by atoms with Gasteiger partial charge in [0.05, 0.1) is 0 Å². The summed E-state index contributed by atoms with van der Waals surface area (Å²) >= 11 is 1.93. The highest BCUT2D eigenvalue weighted by Gasteiger charge is 2.13. The fourth-order valence-corrected chi connectivity index (χ4v) is 3.10. The van der Waals surface area contributed by atoms with Crippen LogP contribution in [0.25, 0.3) is 0 Å². The molecule has 1 aromatic rings. The molecule has 18 heavy (non-hydrogen) atoms. The van der Waals surface area contributed by atoms with Gasteiger partial charge in [-0.2, -0.15) is 11.8 Å². The first-order valence-electron chi connectivity index (χ1n) is 6.63. The van der Waals surface area contributed by atoms with Crippen LogP contribution in [0.15, 0.2) is 24.3 Å². The summed E-state index contributed by atoms with van der Waals surface area (Å²) in [5.74, 6) is 1.21. The highest BCUT2D eigenvalue weighted by atomic mass is 32.2. The first kappa shape index (κ1) is 15.5. The average molecular weight is 266 g/mol. The molecule has 0 aromatic heterocycles. The minimum absolute atomic E-state index is 0.669. The molecule has 3 heteroatoms. The van der Waals surface area contributed by atoms with E-state index in [1.165, 1.54) is 23.3 Å². The Hall–Kier alpha value is -0.510. The van der Waals surface area contributed by atoms with E-state index in [0.717, 1.165) is 13.1 Å². The number of nitrogens with one attached hydrogen (secondary N) is 1. The molecule has 0 amide bonds. The maximum absolute atomic E-state index is 3.24. The maximum atomic E-state index is 3.24. The summed E-state index contributed by atoms with van der Waals surface area (Å²) in [6, 6.07) is 9.39. The second-order valence-corrected chi connectivity index (χ2v) is 5.64. The summed E-state index contributed by atoms with van der Waals surface area (Å²) < 4.78 is 0. The van der Waals surface area contributed by atoms with Gasteiger partial charge in [0.15, 0.2) is 0 Å². The Balaban J connectivity index is 2.70. The molecule has 0 aliphatic heterocycles. The minimum Gasteiger partial charge on any atom is -0.316 e. The van der Waals surface area contributed by atoms with Crippen LogP contribution in [0.2, 0.25) is 0 Å². The standard InChI is InChI=1S/C15H26N2S/c1-5-15(12-18-4)17(3)11-14-9-7-6-8-13(14)10-16-2/h6-9,15-16H,5,10-12H2,1-4H3. The van der Waals surface area contributed by atoms with Gasteiger partial charge in [-0.25, -0.2) is 0 Å². The van der Waals surface area contributed by atoms with Crippen LogP contribution < -0.4 is 5.32 Å². The third kappa shape index (κ3) is 4.63. The summed E-state index contributed by atoms with van der Waals surface area (Å²) in [7, 11) is 4.24. The molecule has 0 heterocycles.